The summed E-state index contributed by atoms with van der Waals surface area (Å²) in [5.74, 6) is -1.51. The number of benzene rings is 1. The fourth-order valence-corrected chi connectivity index (χ4v) is 2.75. The van der Waals surface area contributed by atoms with Gasteiger partial charge in [-0.1, -0.05) is 15.9 Å². The average Bonchev–Trinajstić information content (AvgIpc) is 2.41. The standard InChI is InChI=1S/C13H15BrFNO3/c1-18-12(17)9-4-5-19-7-13(9,16)10-6-8(14)2-3-11(10)15/h2-3,6,9H,4-5,7,16H2,1H3/t9-,13-/m0/s1. The minimum Gasteiger partial charge on any atom is -0.469 e. The topological polar surface area (TPSA) is 61.5 Å². The molecule has 1 aliphatic heterocycles. The van der Waals surface area contributed by atoms with Crippen molar-refractivity contribution in [1.82, 2.24) is 0 Å². The number of carbonyl (C=O) groups excluding carboxylic acids is 1. The predicted octanol–water partition coefficient (Wildman–Crippen LogP) is 1.95. The van der Waals surface area contributed by atoms with E-state index >= 15 is 0 Å². The van der Waals surface area contributed by atoms with Gasteiger partial charge < -0.3 is 15.2 Å². The Morgan fingerprint density at radius 3 is 3.05 bits per heavy atom. The molecule has 2 rings (SSSR count). The van der Waals surface area contributed by atoms with Crippen LogP contribution < -0.4 is 5.73 Å². The Labute approximate surface area is 119 Å². The summed E-state index contributed by atoms with van der Waals surface area (Å²) in [6.07, 6.45) is 0.412. The number of carbonyl (C=O) groups is 1. The third kappa shape index (κ3) is 2.66. The van der Waals surface area contributed by atoms with Gasteiger partial charge in [-0.3, -0.25) is 4.79 Å². The molecule has 19 heavy (non-hydrogen) atoms. The number of methoxy groups -OCH3 is 1. The van der Waals surface area contributed by atoms with Gasteiger partial charge in [-0.05, 0) is 24.6 Å². The summed E-state index contributed by atoms with van der Waals surface area (Å²) >= 11 is 3.28. The summed E-state index contributed by atoms with van der Waals surface area (Å²) < 4.78 is 24.8. The Bertz CT molecular complexity index is 497. The molecule has 1 aromatic rings. The maximum atomic E-state index is 14.0. The summed E-state index contributed by atoms with van der Waals surface area (Å²) in [7, 11) is 1.30. The van der Waals surface area contributed by atoms with Gasteiger partial charge in [0.05, 0.1) is 25.2 Å². The van der Waals surface area contributed by atoms with Gasteiger partial charge in [-0.15, -0.1) is 0 Å². The average molecular weight is 332 g/mol. The molecule has 0 radical (unpaired) electrons. The number of rotatable bonds is 2. The fraction of sp³-hybridized carbons (Fsp3) is 0.462. The minimum absolute atomic E-state index is 0.0835. The van der Waals surface area contributed by atoms with Crippen LogP contribution in [0.4, 0.5) is 4.39 Å². The molecular weight excluding hydrogens is 317 g/mol. The zero-order chi connectivity index (χ0) is 14.0. The third-order valence-corrected chi connectivity index (χ3v) is 3.92. The molecular formula is C13H15BrFNO3. The molecule has 4 nitrogen and oxygen atoms in total. The molecule has 2 atom stereocenters. The second-order valence-corrected chi connectivity index (χ2v) is 5.50. The molecule has 0 aliphatic carbocycles. The first-order valence-electron chi connectivity index (χ1n) is 5.89. The fourth-order valence-electron chi connectivity index (χ4n) is 2.39. The SMILES string of the molecule is COC(=O)[C@@H]1CCOC[C@@]1(N)c1cc(Br)ccc1F. The van der Waals surface area contributed by atoms with E-state index in [9.17, 15) is 9.18 Å². The van der Waals surface area contributed by atoms with E-state index in [0.29, 0.717) is 17.5 Å². The van der Waals surface area contributed by atoms with E-state index in [-0.39, 0.29) is 12.2 Å². The largest absolute Gasteiger partial charge is 0.469 e. The predicted molar refractivity (Wildman–Crippen MR) is 70.9 cm³/mol. The summed E-state index contributed by atoms with van der Waals surface area (Å²) in [6, 6.07) is 4.48. The molecule has 0 amide bonds. The molecule has 1 aliphatic rings. The molecule has 1 aromatic carbocycles. The maximum Gasteiger partial charge on any atom is 0.311 e. The van der Waals surface area contributed by atoms with E-state index in [2.05, 4.69) is 15.9 Å². The van der Waals surface area contributed by atoms with Gasteiger partial charge in [-0.25, -0.2) is 4.39 Å². The molecule has 1 saturated heterocycles. The smallest absolute Gasteiger partial charge is 0.311 e. The van der Waals surface area contributed by atoms with Crippen LogP contribution in [0.2, 0.25) is 0 Å². The highest BCUT2D eigenvalue weighted by Crippen LogP contribution is 2.36. The van der Waals surface area contributed by atoms with E-state index in [0.717, 1.165) is 0 Å². The number of hydrogen-bond acceptors (Lipinski definition) is 4. The Kier molecular flexibility index (Phi) is 4.23. The van der Waals surface area contributed by atoms with Crippen LogP contribution in [0.15, 0.2) is 22.7 Å². The maximum absolute atomic E-state index is 14.0. The summed E-state index contributed by atoms with van der Waals surface area (Å²) in [5.41, 5.74) is 5.34. The second-order valence-electron chi connectivity index (χ2n) is 4.58. The van der Waals surface area contributed by atoms with Crippen LogP contribution in [0.3, 0.4) is 0 Å². The lowest BCUT2D eigenvalue weighted by atomic mass is 9.76. The first-order valence-corrected chi connectivity index (χ1v) is 6.68. The molecule has 0 unspecified atom stereocenters. The zero-order valence-electron chi connectivity index (χ0n) is 10.5. The molecule has 0 spiro atoms. The number of halogens is 2. The van der Waals surface area contributed by atoms with Crippen molar-refractivity contribution in [1.29, 1.82) is 0 Å². The first kappa shape index (κ1) is 14.4. The van der Waals surface area contributed by atoms with E-state index in [1.807, 2.05) is 0 Å². The van der Waals surface area contributed by atoms with E-state index < -0.39 is 23.2 Å². The number of hydrogen-bond donors (Lipinski definition) is 1. The van der Waals surface area contributed by atoms with Crippen molar-refractivity contribution in [2.75, 3.05) is 20.3 Å². The second kappa shape index (κ2) is 5.56. The monoisotopic (exact) mass is 331 g/mol. The lowest BCUT2D eigenvalue weighted by Crippen LogP contribution is -2.55. The Morgan fingerprint density at radius 2 is 2.37 bits per heavy atom. The van der Waals surface area contributed by atoms with Crippen LogP contribution in [0.5, 0.6) is 0 Å². The van der Waals surface area contributed by atoms with Crippen LogP contribution in [-0.4, -0.2) is 26.3 Å². The zero-order valence-corrected chi connectivity index (χ0v) is 12.1. The van der Waals surface area contributed by atoms with Crippen LogP contribution >= 0.6 is 15.9 Å². The molecule has 6 heteroatoms. The normalized spacial score (nSPS) is 27.1. The molecule has 0 aromatic heterocycles. The van der Waals surface area contributed by atoms with Gasteiger partial charge in [0.1, 0.15) is 5.82 Å². The number of esters is 1. The molecule has 1 fully saturated rings. The van der Waals surface area contributed by atoms with Crippen LogP contribution in [0.1, 0.15) is 12.0 Å². The van der Waals surface area contributed by atoms with Gasteiger partial charge in [-0.2, -0.15) is 0 Å². The van der Waals surface area contributed by atoms with Crippen molar-refractivity contribution in [3.63, 3.8) is 0 Å². The Morgan fingerprint density at radius 1 is 1.63 bits per heavy atom. The van der Waals surface area contributed by atoms with Gasteiger partial charge in [0.2, 0.25) is 0 Å². The highest BCUT2D eigenvalue weighted by molar-refractivity contribution is 9.10. The minimum atomic E-state index is -1.21. The van der Waals surface area contributed by atoms with Gasteiger partial charge in [0, 0.05) is 16.6 Å². The first-order chi connectivity index (χ1) is 8.99. The molecule has 1 heterocycles. The number of ether oxygens (including phenoxy) is 2. The van der Waals surface area contributed by atoms with Crippen LogP contribution in [-0.2, 0) is 19.8 Å². The summed E-state index contributed by atoms with van der Waals surface area (Å²) in [6.45, 7) is 0.495. The lowest BCUT2D eigenvalue weighted by molar-refractivity contribution is -0.153. The van der Waals surface area contributed by atoms with Crippen LogP contribution in [0, 0.1) is 11.7 Å². The van der Waals surface area contributed by atoms with E-state index in [4.69, 9.17) is 15.2 Å². The molecule has 104 valence electrons. The summed E-state index contributed by atoms with van der Waals surface area (Å²) in [4.78, 5) is 11.9. The summed E-state index contributed by atoms with van der Waals surface area (Å²) in [5, 5.41) is 0. The van der Waals surface area contributed by atoms with Gasteiger partial charge in [0.15, 0.2) is 0 Å². The lowest BCUT2D eigenvalue weighted by Gasteiger charge is -2.39. The van der Waals surface area contributed by atoms with Gasteiger partial charge in [0.25, 0.3) is 0 Å². The van der Waals surface area contributed by atoms with Crippen molar-refractivity contribution in [3.8, 4) is 0 Å². The van der Waals surface area contributed by atoms with E-state index in [1.54, 1.807) is 12.1 Å². The van der Waals surface area contributed by atoms with Crippen molar-refractivity contribution < 1.29 is 18.7 Å². The highest BCUT2D eigenvalue weighted by Gasteiger charge is 2.46. The Hall–Kier alpha value is -0.980. The van der Waals surface area contributed by atoms with Crippen molar-refractivity contribution in [2.24, 2.45) is 11.7 Å². The molecule has 2 N–H and O–H groups in total. The van der Waals surface area contributed by atoms with Crippen molar-refractivity contribution in [3.05, 3.63) is 34.1 Å². The quantitative estimate of drug-likeness (QED) is 0.841. The highest BCUT2D eigenvalue weighted by atomic mass is 79.9. The van der Waals surface area contributed by atoms with Crippen molar-refractivity contribution in [2.45, 2.75) is 12.0 Å². The van der Waals surface area contributed by atoms with Crippen molar-refractivity contribution >= 4 is 21.9 Å². The molecule has 0 bridgehead atoms. The third-order valence-electron chi connectivity index (χ3n) is 3.43. The van der Waals surface area contributed by atoms with E-state index in [1.165, 1.54) is 13.2 Å². The van der Waals surface area contributed by atoms with Gasteiger partial charge >= 0.3 is 5.97 Å². The van der Waals surface area contributed by atoms with Crippen LogP contribution in [0.25, 0.3) is 0 Å². The Balaban J connectivity index is 2.47. The number of nitrogens with two attached hydrogens (primary N) is 1. The molecule has 0 saturated carbocycles.